The fourth-order valence-electron chi connectivity index (χ4n) is 3.21. The minimum atomic E-state index is -1.03. The van der Waals surface area contributed by atoms with Gasteiger partial charge in [-0.05, 0) is 36.7 Å². The van der Waals surface area contributed by atoms with Crippen LogP contribution in [0.2, 0.25) is 0 Å². The number of carboxylic acid groups (broad SMARTS) is 1. The van der Waals surface area contributed by atoms with Gasteiger partial charge in [0.05, 0.1) is 22.5 Å². The SMILES string of the molecule is Cc1ccc(-c2c(C#N)c(CC(C)(C)C)nc(CC(C)C)c2C(=O)O)cc1. The number of rotatable bonds is 5. The van der Waals surface area contributed by atoms with Gasteiger partial charge in [0.2, 0.25) is 0 Å². The Balaban J connectivity index is 2.90. The summed E-state index contributed by atoms with van der Waals surface area (Å²) < 4.78 is 0. The Morgan fingerprint density at radius 1 is 1.19 bits per heavy atom. The summed E-state index contributed by atoms with van der Waals surface area (Å²) in [6, 6.07) is 9.90. The molecule has 0 aliphatic carbocycles. The molecule has 0 aliphatic rings. The van der Waals surface area contributed by atoms with Crippen LogP contribution in [0.15, 0.2) is 24.3 Å². The summed E-state index contributed by atoms with van der Waals surface area (Å²) in [6.07, 6.45) is 1.17. The third kappa shape index (κ3) is 4.95. The Morgan fingerprint density at radius 3 is 2.22 bits per heavy atom. The predicted molar refractivity (Wildman–Crippen MR) is 108 cm³/mol. The average molecular weight is 364 g/mol. The molecule has 1 heterocycles. The van der Waals surface area contributed by atoms with Crippen molar-refractivity contribution in [1.82, 2.24) is 4.98 Å². The highest BCUT2D eigenvalue weighted by Gasteiger charge is 2.27. The highest BCUT2D eigenvalue weighted by molar-refractivity contribution is 5.99. The molecule has 1 N–H and O–H groups in total. The summed E-state index contributed by atoms with van der Waals surface area (Å²) in [4.78, 5) is 16.9. The van der Waals surface area contributed by atoms with Crippen molar-refractivity contribution in [2.24, 2.45) is 11.3 Å². The zero-order valence-corrected chi connectivity index (χ0v) is 17.1. The second-order valence-corrected chi connectivity index (χ2v) is 8.75. The third-order valence-corrected chi connectivity index (χ3v) is 4.31. The first-order valence-electron chi connectivity index (χ1n) is 9.29. The Kier molecular flexibility index (Phi) is 6.05. The van der Waals surface area contributed by atoms with Crippen molar-refractivity contribution < 1.29 is 9.90 Å². The van der Waals surface area contributed by atoms with Crippen LogP contribution in [0.3, 0.4) is 0 Å². The number of aryl methyl sites for hydroxylation is 1. The fourth-order valence-corrected chi connectivity index (χ4v) is 3.21. The number of nitriles is 1. The lowest BCUT2D eigenvalue weighted by Crippen LogP contribution is -2.18. The number of carbonyl (C=O) groups is 1. The number of carboxylic acids is 1. The molecule has 0 aliphatic heterocycles. The Labute approximate surface area is 161 Å². The van der Waals surface area contributed by atoms with Gasteiger partial charge in [-0.15, -0.1) is 0 Å². The van der Waals surface area contributed by atoms with E-state index in [1.54, 1.807) is 0 Å². The smallest absolute Gasteiger partial charge is 0.338 e. The lowest BCUT2D eigenvalue weighted by atomic mass is 9.84. The molecule has 2 rings (SSSR count). The first-order chi connectivity index (χ1) is 12.5. The van der Waals surface area contributed by atoms with E-state index in [9.17, 15) is 15.2 Å². The largest absolute Gasteiger partial charge is 0.478 e. The van der Waals surface area contributed by atoms with Crippen LogP contribution < -0.4 is 0 Å². The number of pyridine rings is 1. The molecule has 0 fully saturated rings. The van der Waals surface area contributed by atoms with Gasteiger partial charge in [-0.3, -0.25) is 4.98 Å². The molecule has 4 heteroatoms. The highest BCUT2D eigenvalue weighted by Crippen LogP contribution is 2.34. The summed E-state index contributed by atoms with van der Waals surface area (Å²) in [5.41, 5.74) is 4.03. The van der Waals surface area contributed by atoms with Gasteiger partial charge >= 0.3 is 5.97 Å². The summed E-state index contributed by atoms with van der Waals surface area (Å²) >= 11 is 0. The standard InChI is InChI=1S/C23H28N2O2/c1-14(2)11-18-21(22(26)27)20(16-9-7-15(3)8-10-16)17(13-24)19(25-18)12-23(4,5)6/h7-10,14H,11-12H2,1-6H3,(H,26,27). The molecule has 0 spiro atoms. The van der Waals surface area contributed by atoms with Crippen LogP contribution in [0, 0.1) is 29.6 Å². The van der Waals surface area contributed by atoms with E-state index in [1.165, 1.54) is 0 Å². The molecule has 0 saturated heterocycles. The second-order valence-electron chi connectivity index (χ2n) is 8.75. The number of benzene rings is 1. The zero-order chi connectivity index (χ0) is 20.4. The van der Waals surface area contributed by atoms with Crippen LogP contribution in [0.1, 0.15) is 67.5 Å². The minimum absolute atomic E-state index is 0.0665. The van der Waals surface area contributed by atoms with Crippen molar-refractivity contribution in [1.29, 1.82) is 5.26 Å². The van der Waals surface area contributed by atoms with Gasteiger partial charge in [-0.2, -0.15) is 5.26 Å². The summed E-state index contributed by atoms with van der Waals surface area (Å²) in [5.74, 6) is -0.774. The van der Waals surface area contributed by atoms with Gasteiger partial charge in [-0.25, -0.2) is 4.79 Å². The van der Waals surface area contributed by atoms with Gasteiger partial charge < -0.3 is 5.11 Å². The molecule has 0 amide bonds. The predicted octanol–water partition coefficient (Wildman–Crippen LogP) is 5.41. The van der Waals surface area contributed by atoms with Crippen molar-refractivity contribution in [3.8, 4) is 17.2 Å². The Morgan fingerprint density at radius 2 is 1.78 bits per heavy atom. The number of hydrogen-bond donors (Lipinski definition) is 1. The van der Waals surface area contributed by atoms with E-state index in [2.05, 4.69) is 26.8 Å². The number of hydrogen-bond acceptors (Lipinski definition) is 3. The molecule has 2 aromatic rings. The maximum Gasteiger partial charge on any atom is 0.338 e. The molecule has 27 heavy (non-hydrogen) atoms. The number of aromatic carboxylic acids is 1. The first-order valence-corrected chi connectivity index (χ1v) is 9.29. The molecule has 1 aromatic carbocycles. The van der Waals surface area contributed by atoms with Gasteiger partial charge in [0.1, 0.15) is 6.07 Å². The van der Waals surface area contributed by atoms with Gasteiger partial charge in [0.15, 0.2) is 0 Å². The minimum Gasteiger partial charge on any atom is -0.478 e. The zero-order valence-electron chi connectivity index (χ0n) is 17.1. The summed E-state index contributed by atoms with van der Waals surface area (Å²) in [5, 5.41) is 19.9. The molecule has 0 bridgehead atoms. The molecule has 0 unspecified atom stereocenters. The normalized spacial score (nSPS) is 11.5. The van der Waals surface area contributed by atoms with Gasteiger partial charge in [0.25, 0.3) is 0 Å². The molecule has 1 aromatic heterocycles. The topological polar surface area (TPSA) is 74.0 Å². The number of nitrogens with zero attached hydrogens (tertiary/aromatic N) is 2. The third-order valence-electron chi connectivity index (χ3n) is 4.31. The molecule has 0 atom stereocenters. The Bertz CT molecular complexity index is 883. The summed E-state index contributed by atoms with van der Waals surface area (Å²) in [6.45, 7) is 12.3. The van der Waals surface area contributed by atoms with Crippen molar-refractivity contribution in [3.63, 3.8) is 0 Å². The van der Waals surface area contributed by atoms with Crippen LogP contribution in [0.4, 0.5) is 0 Å². The highest BCUT2D eigenvalue weighted by atomic mass is 16.4. The quantitative estimate of drug-likeness (QED) is 0.769. The van der Waals surface area contributed by atoms with E-state index in [0.29, 0.717) is 35.4 Å². The van der Waals surface area contributed by atoms with E-state index in [1.807, 2.05) is 45.0 Å². The lowest BCUT2D eigenvalue weighted by Gasteiger charge is -2.22. The average Bonchev–Trinajstić information content (AvgIpc) is 2.52. The maximum atomic E-state index is 12.2. The van der Waals surface area contributed by atoms with Crippen molar-refractivity contribution in [3.05, 3.63) is 52.3 Å². The van der Waals surface area contributed by atoms with Crippen LogP contribution in [-0.2, 0) is 12.8 Å². The van der Waals surface area contributed by atoms with Crippen molar-refractivity contribution in [2.45, 2.75) is 54.4 Å². The van der Waals surface area contributed by atoms with E-state index in [-0.39, 0.29) is 16.9 Å². The number of aromatic nitrogens is 1. The second kappa shape index (κ2) is 7.92. The molecule has 0 radical (unpaired) electrons. The monoisotopic (exact) mass is 364 g/mol. The van der Waals surface area contributed by atoms with E-state index in [4.69, 9.17) is 4.98 Å². The van der Waals surface area contributed by atoms with E-state index >= 15 is 0 Å². The molecular formula is C23H28N2O2. The first kappa shape index (κ1) is 20.6. The van der Waals surface area contributed by atoms with Crippen LogP contribution in [-0.4, -0.2) is 16.1 Å². The Hall–Kier alpha value is -2.67. The fraction of sp³-hybridized carbons (Fsp3) is 0.435. The van der Waals surface area contributed by atoms with Crippen molar-refractivity contribution in [2.75, 3.05) is 0 Å². The molecular weight excluding hydrogens is 336 g/mol. The molecule has 0 saturated carbocycles. The van der Waals surface area contributed by atoms with E-state index < -0.39 is 5.97 Å². The van der Waals surface area contributed by atoms with Gasteiger partial charge in [0, 0.05) is 5.56 Å². The van der Waals surface area contributed by atoms with Crippen LogP contribution >= 0.6 is 0 Å². The van der Waals surface area contributed by atoms with E-state index in [0.717, 1.165) is 11.1 Å². The lowest BCUT2D eigenvalue weighted by molar-refractivity contribution is 0.0695. The van der Waals surface area contributed by atoms with Crippen molar-refractivity contribution >= 4 is 5.97 Å². The maximum absolute atomic E-state index is 12.2. The van der Waals surface area contributed by atoms with Gasteiger partial charge in [-0.1, -0.05) is 64.4 Å². The molecule has 142 valence electrons. The molecule has 4 nitrogen and oxygen atoms in total. The van der Waals surface area contributed by atoms with Crippen LogP contribution in [0.5, 0.6) is 0 Å². The van der Waals surface area contributed by atoms with Crippen LogP contribution in [0.25, 0.3) is 11.1 Å². The summed E-state index contributed by atoms with van der Waals surface area (Å²) in [7, 11) is 0.